The highest BCUT2D eigenvalue weighted by Gasteiger charge is 2.04. The molecule has 0 bridgehead atoms. The molecule has 164 valence electrons. The van der Waals surface area contributed by atoms with Crippen molar-refractivity contribution in [1.29, 1.82) is 0 Å². The SMILES string of the molecule is CCCCCCCCCCCCC=CC=CC(CCCCCCC)ONN=O. The fourth-order valence-electron chi connectivity index (χ4n) is 3.35. The van der Waals surface area contributed by atoms with Crippen LogP contribution in [0.5, 0.6) is 0 Å². The van der Waals surface area contributed by atoms with Crippen molar-refractivity contribution in [2.24, 2.45) is 5.29 Å². The summed E-state index contributed by atoms with van der Waals surface area (Å²) in [6, 6.07) is 0. The number of nitrogens with zero attached hydrogens (tertiary/aromatic N) is 1. The van der Waals surface area contributed by atoms with Gasteiger partial charge in [-0.1, -0.05) is 128 Å². The van der Waals surface area contributed by atoms with E-state index in [4.69, 9.17) is 4.84 Å². The minimum atomic E-state index is -0.0960. The van der Waals surface area contributed by atoms with Gasteiger partial charge in [-0.2, -0.15) is 0 Å². The Kier molecular flexibility index (Phi) is 22.9. The summed E-state index contributed by atoms with van der Waals surface area (Å²) in [6.45, 7) is 4.49. The van der Waals surface area contributed by atoms with Crippen molar-refractivity contribution in [3.8, 4) is 0 Å². The van der Waals surface area contributed by atoms with Crippen LogP contribution in [0.15, 0.2) is 29.6 Å². The number of allylic oxidation sites excluding steroid dienone is 3. The van der Waals surface area contributed by atoms with E-state index in [-0.39, 0.29) is 6.10 Å². The Morgan fingerprint density at radius 1 is 0.750 bits per heavy atom. The second-order valence-electron chi connectivity index (χ2n) is 7.83. The van der Waals surface area contributed by atoms with Crippen LogP contribution in [0.4, 0.5) is 0 Å². The smallest absolute Gasteiger partial charge is 0.106 e. The van der Waals surface area contributed by atoms with Crippen LogP contribution in [0.25, 0.3) is 0 Å². The third-order valence-corrected chi connectivity index (χ3v) is 5.13. The summed E-state index contributed by atoms with van der Waals surface area (Å²) in [4.78, 5) is 15.5. The Morgan fingerprint density at radius 2 is 1.29 bits per heavy atom. The van der Waals surface area contributed by atoms with Gasteiger partial charge in [0.15, 0.2) is 0 Å². The van der Waals surface area contributed by atoms with E-state index in [0.29, 0.717) is 0 Å². The van der Waals surface area contributed by atoms with Gasteiger partial charge in [-0.3, -0.25) is 0 Å². The Labute approximate surface area is 174 Å². The first-order valence-electron chi connectivity index (χ1n) is 11.9. The number of nitrogens with one attached hydrogen (secondary N) is 1. The molecule has 0 radical (unpaired) electrons. The summed E-state index contributed by atoms with van der Waals surface area (Å²) in [6.07, 6.45) is 30.2. The van der Waals surface area contributed by atoms with Crippen LogP contribution in [0.2, 0.25) is 0 Å². The van der Waals surface area contributed by atoms with Crippen molar-refractivity contribution < 1.29 is 4.84 Å². The van der Waals surface area contributed by atoms with Gasteiger partial charge in [0, 0.05) is 0 Å². The predicted octanol–water partition coefficient (Wildman–Crippen LogP) is 8.34. The summed E-state index contributed by atoms with van der Waals surface area (Å²) >= 11 is 0. The van der Waals surface area contributed by atoms with E-state index in [9.17, 15) is 4.91 Å². The molecule has 4 heteroatoms. The Morgan fingerprint density at radius 3 is 1.86 bits per heavy atom. The number of nitroso groups, excluding NO2 is 1. The Hall–Kier alpha value is -1.16. The molecule has 1 unspecified atom stereocenters. The van der Waals surface area contributed by atoms with Gasteiger partial charge in [0.05, 0.1) is 5.29 Å². The maximum Gasteiger partial charge on any atom is 0.106 e. The van der Waals surface area contributed by atoms with Crippen LogP contribution in [-0.4, -0.2) is 6.10 Å². The van der Waals surface area contributed by atoms with Crippen molar-refractivity contribution in [3.05, 3.63) is 29.2 Å². The minimum Gasteiger partial charge on any atom is -0.249 e. The van der Waals surface area contributed by atoms with Gasteiger partial charge in [-0.15, -0.1) is 10.5 Å². The molecule has 0 fully saturated rings. The third-order valence-electron chi connectivity index (χ3n) is 5.13. The largest absolute Gasteiger partial charge is 0.249 e. The first-order chi connectivity index (χ1) is 13.8. The number of hydrogen-bond donors (Lipinski definition) is 1. The summed E-state index contributed by atoms with van der Waals surface area (Å²) in [7, 11) is 0. The highest BCUT2D eigenvalue weighted by Crippen LogP contribution is 2.12. The molecular weight excluding hydrogens is 348 g/mol. The minimum absolute atomic E-state index is 0.0960. The highest BCUT2D eigenvalue weighted by atomic mass is 16.7. The second-order valence-corrected chi connectivity index (χ2v) is 7.83. The van der Waals surface area contributed by atoms with Crippen LogP contribution >= 0.6 is 0 Å². The molecule has 0 saturated heterocycles. The van der Waals surface area contributed by atoms with E-state index in [1.54, 1.807) is 0 Å². The molecule has 0 spiro atoms. The molecule has 0 saturated carbocycles. The van der Waals surface area contributed by atoms with Crippen LogP contribution < -0.4 is 5.59 Å². The molecule has 0 aromatic rings. The summed E-state index contributed by atoms with van der Waals surface area (Å²) in [5.41, 5.74) is 2.09. The molecule has 0 aliphatic carbocycles. The lowest BCUT2D eigenvalue weighted by molar-refractivity contribution is -0.00406. The standard InChI is InChI=1S/C24H46N2O2/c1-3-5-7-9-10-11-12-13-14-15-16-17-19-21-23-24(28-26-25-27)22-20-18-8-6-4-2/h17,19,21,23-24H,3-16,18,20,22H2,1-2H3,(H,26,27). The maximum absolute atomic E-state index is 10.2. The zero-order valence-electron chi connectivity index (χ0n) is 18.7. The van der Waals surface area contributed by atoms with E-state index in [0.717, 1.165) is 19.3 Å². The Balaban J connectivity index is 3.67. The third kappa shape index (κ3) is 21.1. The zero-order valence-corrected chi connectivity index (χ0v) is 18.7. The fraction of sp³-hybridized carbons (Fsp3) is 0.833. The number of rotatable bonds is 22. The van der Waals surface area contributed by atoms with E-state index in [1.807, 2.05) is 12.2 Å². The van der Waals surface area contributed by atoms with E-state index in [1.165, 1.54) is 89.9 Å². The molecule has 4 nitrogen and oxygen atoms in total. The second kappa shape index (κ2) is 23.9. The van der Waals surface area contributed by atoms with Crippen molar-refractivity contribution in [2.75, 3.05) is 0 Å². The average Bonchev–Trinajstić information content (AvgIpc) is 2.71. The quantitative estimate of drug-likeness (QED) is 0.0868. The van der Waals surface area contributed by atoms with Crippen LogP contribution in [0.3, 0.4) is 0 Å². The number of unbranched alkanes of at least 4 members (excludes halogenated alkanes) is 14. The average molecular weight is 395 g/mol. The molecule has 0 rings (SSSR count). The monoisotopic (exact) mass is 394 g/mol. The molecule has 0 aromatic heterocycles. The van der Waals surface area contributed by atoms with Crippen molar-refractivity contribution in [3.63, 3.8) is 0 Å². The van der Waals surface area contributed by atoms with Crippen LogP contribution in [0, 0.1) is 4.91 Å². The normalized spacial score (nSPS) is 12.8. The van der Waals surface area contributed by atoms with Crippen molar-refractivity contribution in [2.45, 2.75) is 129 Å². The lowest BCUT2D eigenvalue weighted by atomic mass is 10.1. The molecule has 0 amide bonds. The summed E-state index contributed by atoms with van der Waals surface area (Å²) in [5, 5.41) is 2.58. The lowest BCUT2D eigenvalue weighted by Crippen LogP contribution is -2.17. The molecule has 0 heterocycles. The van der Waals surface area contributed by atoms with Gasteiger partial charge in [0.2, 0.25) is 0 Å². The Bertz CT molecular complexity index is 370. The van der Waals surface area contributed by atoms with E-state index in [2.05, 4.69) is 36.9 Å². The molecule has 0 aromatic carbocycles. The highest BCUT2D eigenvalue weighted by molar-refractivity contribution is 5.05. The molecule has 0 aliphatic heterocycles. The van der Waals surface area contributed by atoms with Gasteiger partial charge < -0.3 is 0 Å². The van der Waals surface area contributed by atoms with E-state index >= 15 is 0 Å². The summed E-state index contributed by atoms with van der Waals surface area (Å²) < 4.78 is 0. The topological polar surface area (TPSA) is 50.7 Å². The van der Waals surface area contributed by atoms with Gasteiger partial charge in [-0.05, 0) is 19.3 Å². The molecule has 1 atom stereocenters. The predicted molar refractivity (Wildman–Crippen MR) is 122 cm³/mol. The lowest BCUT2D eigenvalue weighted by Gasteiger charge is -2.10. The van der Waals surface area contributed by atoms with E-state index < -0.39 is 0 Å². The molecular formula is C24H46N2O2. The van der Waals surface area contributed by atoms with Crippen molar-refractivity contribution >= 4 is 0 Å². The van der Waals surface area contributed by atoms with Crippen LogP contribution in [-0.2, 0) is 4.84 Å². The zero-order chi connectivity index (χ0) is 20.5. The van der Waals surface area contributed by atoms with Crippen molar-refractivity contribution in [1.82, 2.24) is 5.59 Å². The molecule has 0 aliphatic rings. The van der Waals surface area contributed by atoms with Gasteiger partial charge in [0.25, 0.3) is 0 Å². The maximum atomic E-state index is 10.2. The first kappa shape index (κ1) is 26.8. The molecule has 28 heavy (non-hydrogen) atoms. The van der Waals surface area contributed by atoms with Crippen LogP contribution in [0.1, 0.15) is 123 Å². The summed E-state index contributed by atoms with van der Waals surface area (Å²) in [5.74, 6) is 0. The first-order valence-corrected chi connectivity index (χ1v) is 11.9. The fourth-order valence-corrected chi connectivity index (χ4v) is 3.35. The van der Waals surface area contributed by atoms with Gasteiger partial charge in [0.1, 0.15) is 6.10 Å². The number of hydrogen-bond acceptors (Lipinski definition) is 3. The van der Waals surface area contributed by atoms with Gasteiger partial charge >= 0.3 is 0 Å². The van der Waals surface area contributed by atoms with Gasteiger partial charge in [-0.25, -0.2) is 4.84 Å². The molecule has 1 N–H and O–H groups in total.